The van der Waals surface area contributed by atoms with E-state index >= 15 is 0 Å². The molecule has 6 nitrogen and oxygen atoms in total. The number of methoxy groups -OCH3 is 1. The van der Waals surface area contributed by atoms with Crippen molar-refractivity contribution in [2.24, 2.45) is 0 Å². The summed E-state index contributed by atoms with van der Waals surface area (Å²) in [6, 6.07) is 9.78. The summed E-state index contributed by atoms with van der Waals surface area (Å²) < 4.78 is 7.24. The van der Waals surface area contributed by atoms with Crippen molar-refractivity contribution in [2.75, 3.05) is 25.6 Å². The lowest BCUT2D eigenvalue weighted by atomic mass is 9.98. The predicted molar refractivity (Wildman–Crippen MR) is 112 cm³/mol. The molecule has 1 fully saturated rings. The van der Waals surface area contributed by atoms with Crippen LogP contribution in [0.15, 0.2) is 41.3 Å². The van der Waals surface area contributed by atoms with Crippen molar-refractivity contribution in [2.45, 2.75) is 25.2 Å². The second-order valence-electron chi connectivity index (χ2n) is 7.89. The van der Waals surface area contributed by atoms with Crippen LogP contribution in [-0.2, 0) is 6.42 Å². The van der Waals surface area contributed by atoms with Crippen molar-refractivity contribution in [3.8, 4) is 16.9 Å². The minimum absolute atomic E-state index is 0.195. The summed E-state index contributed by atoms with van der Waals surface area (Å²) in [5, 5.41) is 9.47. The average molecular weight is 390 g/mol. The van der Waals surface area contributed by atoms with E-state index in [1.807, 2.05) is 6.07 Å². The Morgan fingerprint density at radius 2 is 2.00 bits per heavy atom. The minimum Gasteiger partial charge on any atom is -0.494 e. The number of aromatic carboxylic acids is 1. The van der Waals surface area contributed by atoms with Crippen molar-refractivity contribution in [3.05, 3.63) is 63.6 Å². The Kier molecular flexibility index (Phi) is 3.91. The molecule has 2 aromatic heterocycles. The quantitative estimate of drug-likeness (QED) is 0.738. The van der Waals surface area contributed by atoms with Crippen LogP contribution < -0.4 is 15.2 Å². The van der Waals surface area contributed by atoms with E-state index in [4.69, 9.17) is 4.74 Å². The van der Waals surface area contributed by atoms with Gasteiger partial charge in [-0.1, -0.05) is 6.07 Å². The molecule has 29 heavy (non-hydrogen) atoms. The molecular weight excluding hydrogens is 368 g/mol. The van der Waals surface area contributed by atoms with Gasteiger partial charge in [0.05, 0.1) is 12.6 Å². The standard InChI is InChI=1S/C23H22N2O4/c1-24-9-7-15-11-14(5-6-19(15)24)16-8-10-25-20(21(16)29-2)17(13-3-4-13)12-18(22(25)26)23(27)28/h5-6,8,10-13H,3-4,7,9H2,1-2H3,(H,27,28). The minimum atomic E-state index is -1.20. The Labute approximate surface area is 168 Å². The fourth-order valence-electron chi connectivity index (χ4n) is 4.42. The number of carbonyl (C=O) groups is 1. The van der Waals surface area contributed by atoms with E-state index in [9.17, 15) is 14.7 Å². The third-order valence-corrected chi connectivity index (χ3v) is 6.08. The summed E-state index contributed by atoms with van der Waals surface area (Å²) in [7, 11) is 3.70. The number of aromatic nitrogens is 1. The lowest BCUT2D eigenvalue weighted by Crippen LogP contribution is -2.23. The van der Waals surface area contributed by atoms with E-state index in [1.165, 1.54) is 15.7 Å². The van der Waals surface area contributed by atoms with Crippen LogP contribution >= 0.6 is 0 Å². The molecule has 0 atom stereocenters. The molecule has 1 aliphatic carbocycles. The van der Waals surface area contributed by atoms with Gasteiger partial charge in [0.15, 0.2) is 5.75 Å². The van der Waals surface area contributed by atoms with Gasteiger partial charge >= 0.3 is 5.97 Å². The molecule has 3 heterocycles. The molecule has 0 unspecified atom stereocenters. The van der Waals surface area contributed by atoms with Crippen molar-refractivity contribution in [1.82, 2.24) is 4.40 Å². The second-order valence-corrected chi connectivity index (χ2v) is 7.89. The van der Waals surface area contributed by atoms with Gasteiger partial charge in [0, 0.05) is 31.0 Å². The largest absolute Gasteiger partial charge is 0.494 e. The van der Waals surface area contributed by atoms with Gasteiger partial charge in [-0.3, -0.25) is 9.20 Å². The number of carboxylic acid groups (broad SMARTS) is 1. The van der Waals surface area contributed by atoms with Crippen LogP contribution in [0.5, 0.6) is 5.75 Å². The Morgan fingerprint density at radius 3 is 2.69 bits per heavy atom. The van der Waals surface area contributed by atoms with Crippen molar-refractivity contribution in [1.29, 1.82) is 0 Å². The van der Waals surface area contributed by atoms with Gasteiger partial charge in [-0.2, -0.15) is 0 Å². The van der Waals surface area contributed by atoms with Gasteiger partial charge in [0.2, 0.25) is 0 Å². The number of nitrogens with zero attached hydrogens (tertiary/aromatic N) is 2. The highest BCUT2D eigenvalue weighted by atomic mass is 16.5. The number of anilines is 1. The Bertz CT molecular complexity index is 1220. The normalized spacial score (nSPS) is 15.6. The number of rotatable bonds is 4. The monoisotopic (exact) mass is 390 g/mol. The molecule has 0 radical (unpaired) electrons. The summed E-state index contributed by atoms with van der Waals surface area (Å²) >= 11 is 0. The summed E-state index contributed by atoms with van der Waals surface area (Å²) in [4.78, 5) is 26.6. The molecule has 0 bridgehead atoms. The zero-order valence-corrected chi connectivity index (χ0v) is 16.4. The first-order chi connectivity index (χ1) is 14.0. The maximum atomic E-state index is 12.8. The van der Waals surface area contributed by atoms with Crippen LogP contribution in [0, 0.1) is 0 Å². The third-order valence-electron chi connectivity index (χ3n) is 6.08. The molecule has 148 valence electrons. The molecule has 1 aromatic carbocycles. The number of ether oxygens (including phenoxy) is 1. The zero-order chi connectivity index (χ0) is 20.3. The third kappa shape index (κ3) is 2.70. The Morgan fingerprint density at radius 1 is 1.21 bits per heavy atom. The number of hydrogen-bond acceptors (Lipinski definition) is 4. The van der Waals surface area contributed by atoms with Crippen LogP contribution in [0.4, 0.5) is 5.69 Å². The maximum Gasteiger partial charge on any atom is 0.341 e. The van der Waals surface area contributed by atoms with E-state index in [0.717, 1.165) is 42.5 Å². The van der Waals surface area contributed by atoms with Gasteiger partial charge in [-0.05, 0) is 66.1 Å². The second kappa shape index (κ2) is 6.37. The topological polar surface area (TPSA) is 71.2 Å². The highest BCUT2D eigenvalue weighted by molar-refractivity contribution is 5.90. The molecule has 1 saturated carbocycles. The van der Waals surface area contributed by atoms with Crippen LogP contribution in [0.3, 0.4) is 0 Å². The summed E-state index contributed by atoms with van der Waals surface area (Å²) in [6.07, 6.45) is 4.66. The molecule has 6 heteroatoms. The summed E-state index contributed by atoms with van der Waals surface area (Å²) in [5.41, 5.74) is 5.32. The Hall–Kier alpha value is -3.28. The number of hydrogen-bond donors (Lipinski definition) is 1. The number of carboxylic acids is 1. The van der Waals surface area contributed by atoms with Gasteiger partial charge in [-0.15, -0.1) is 0 Å². The first-order valence-corrected chi connectivity index (χ1v) is 9.83. The highest BCUT2D eigenvalue weighted by Gasteiger charge is 2.30. The predicted octanol–water partition coefficient (Wildman–Crippen LogP) is 3.54. The summed E-state index contributed by atoms with van der Waals surface area (Å²) in [6.45, 7) is 1.01. The van der Waals surface area contributed by atoms with Crippen molar-refractivity contribution >= 4 is 17.2 Å². The maximum absolute atomic E-state index is 12.8. The Balaban J connectivity index is 1.79. The number of benzene rings is 1. The van der Waals surface area contributed by atoms with E-state index in [2.05, 4.69) is 30.1 Å². The van der Waals surface area contributed by atoms with Gasteiger partial charge < -0.3 is 14.7 Å². The first kappa shape index (κ1) is 17.8. The molecular formula is C23H22N2O4. The van der Waals surface area contributed by atoms with Crippen LogP contribution in [0.2, 0.25) is 0 Å². The molecule has 3 aromatic rings. The summed E-state index contributed by atoms with van der Waals surface area (Å²) in [5.74, 6) is -0.312. The van der Waals surface area contributed by atoms with E-state index in [1.54, 1.807) is 19.4 Å². The number of fused-ring (bicyclic) bond motifs is 2. The highest BCUT2D eigenvalue weighted by Crippen LogP contribution is 2.46. The molecule has 0 amide bonds. The number of pyridine rings is 2. The fraction of sp³-hybridized carbons (Fsp3) is 0.304. The van der Waals surface area contributed by atoms with Crippen molar-refractivity contribution in [3.63, 3.8) is 0 Å². The van der Waals surface area contributed by atoms with Crippen LogP contribution in [0.25, 0.3) is 16.6 Å². The number of likely N-dealkylation sites (N-methyl/N-ethyl adjacent to an activating group) is 1. The lowest BCUT2D eigenvalue weighted by molar-refractivity contribution is 0.0694. The van der Waals surface area contributed by atoms with Gasteiger partial charge in [-0.25, -0.2) is 4.79 Å². The molecule has 0 saturated heterocycles. The SMILES string of the molecule is COc1c(-c2ccc3c(c2)CCN3C)ccn2c(=O)c(C(=O)O)cc(C3CC3)c12. The van der Waals surface area contributed by atoms with E-state index in [0.29, 0.717) is 11.3 Å². The van der Waals surface area contributed by atoms with Crippen LogP contribution in [-0.4, -0.2) is 36.2 Å². The zero-order valence-electron chi connectivity index (χ0n) is 16.4. The van der Waals surface area contributed by atoms with E-state index in [-0.39, 0.29) is 11.5 Å². The molecule has 5 rings (SSSR count). The van der Waals surface area contributed by atoms with Crippen molar-refractivity contribution < 1.29 is 14.6 Å². The molecule has 2 aliphatic rings. The van der Waals surface area contributed by atoms with Gasteiger partial charge in [0.25, 0.3) is 5.56 Å². The first-order valence-electron chi connectivity index (χ1n) is 9.83. The molecule has 1 aliphatic heterocycles. The smallest absolute Gasteiger partial charge is 0.341 e. The fourth-order valence-corrected chi connectivity index (χ4v) is 4.42. The lowest BCUT2D eigenvalue weighted by Gasteiger charge is -2.17. The van der Waals surface area contributed by atoms with Crippen LogP contribution in [0.1, 0.15) is 40.2 Å². The molecule has 0 spiro atoms. The van der Waals surface area contributed by atoms with Gasteiger partial charge in [0.1, 0.15) is 5.56 Å². The molecule has 1 N–H and O–H groups in total. The van der Waals surface area contributed by atoms with E-state index < -0.39 is 11.5 Å². The average Bonchev–Trinajstić information content (AvgIpc) is 3.50.